The first kappa shape index (κ1) is 25.9. The molecule has 3 aromatic rings. The van der Waals surface area contributed by atoms with Crippen molar-refractivity contribution in [3.63, 3.8) is 0 Å². The van der Waals surface area contributed by atoms with E-state index in [1.165, 1.54) is 28.6 Å². The molecule has 13 heteroatoms. The van der Waals surface area contributed by atoms with Gasteiger partial charge in [0, 0.05) is 18.3 Å². The van der Waals surface area contributed by atoms with Crippen molar-refractivity contribution < 1.29 is 22.8 Å². The maximum atomic E-state index is 13.5. The van der Waals surface area contributed by atoms with Crippen molar-refractivity contribution in [2.24, 2.45) is 0 Å². The van der Waals surface area contributed by atoms with Crippen molar-refractivity contribution in [2.45, 2.75) is 26.1 Å². The second kappa shape index (κ2) is 10.1. The molecule has 0 aliphatic carbocycles. The molecule has 10 nitrogen and oxygen atoms in total. The zero-order chi connectivity index (χ0) is 27.6. The molecule has 0 unspecified atom stereocenters. The van der Waals surface area contributed by atoms with Crippen LogP contribution in [0.2, 0.25) is 0 Å². The Bertz CT molecular complexity index is 1530. The summed E-state index contributed by atoms with van der Waals surface area (Å²) in [6, 6.07) is 14.3. The molecular weight excluding hydrogens is 501 g/mol. The van der Waals surface area contributed by atoms with E-state index in [2.05, 4.69) is 26.8 Å². The number of carbonyl (C=O) groups is 2. The highest BCUT2D eigenvalue weighted by Crippen LogP contribution is 2.43. The SMILES string of the molecule is CC(=O)NC(=O)CNc1nc2n(n1)[C@H](c1ccc(C#N)cc1)C(C#N)=C(C)N2c1cccc(C(F)(F)F)c1. The second-order valence-electron chi connectivity index (χ2n) is 8.27. The Balaban J connectivity index is 1.86. The second-order valence-corrected chi connectivity index (χ2v) is 8.27. The summed E-state index contributed by atoms with van der Waals surface area (Å²) < 4.78 is 41.8. The maximum Gasteiger partial charge on any atom is 0.416 e. The van der Waals surface area contributed by atoms with Crippen LogP contribution in [0.15, 0.2) is 59.8 Å². The lowest BCUT2D eigenvalue weighted by molar-refractivity contribution is -0.137. The van der Waals surface area contributed by atoms with Crippen LogP contribution in [-0.4, -0.2) is 33.1 Å². The summed E-state index contributed by atoms with van der Waals surface area (Å²) in [5.41, 5.74) is 0.689. The number of hydrogen-bond acceptors (Lipinski definition) is 8. The monoisotopic (exact) mass is 520 g/mol. The van der Waals surface area contributed by atoms with Crippen molar-refractivity contribution in [1.82, 2.24) is 20.1 Å². The molecule has 2 aromatic carbocycles. The first-order chi connectivity index (χ1) is 18.0. The number of halogens is 3. The van der Waals surface area contributed by atoms with Crippen molar-refractivity contribution in [3.8, 4) is 12.1 Å². The molecule has 0 fully saturated rings. The number of nitrogens with zero attached hydrogens (tertiary/aromatic N) is 6. The van der Waals surface area contributed by atoms with E-state index >= 15 is 0 Å². The van der Waals surface area contributed by atoms with E-state index in [4.69, 9.17) is 5.26 Å². The standard InChI is InChI=1S/C25H19F3N8O2/c1-14-20(12-30)22(17-8-6-16(11-29)7-9-17)36-24(33-23(34-36)31-13-21(38)32-15(2)37)35(14)19-5-3-4-18(10-19)25(26,27)28/h3-10,22H,13H2,1-2H3,(H,31,34)(H,32,37,38)/t22-/m1/s1. The third kappa shape index (κ3) is 5.03. The number of hydrogen-bond donors (Lipinski definition) is 2. The number of imide groups is 1. The lowest BCUT2D eigenvalue weighted by atomic mass is 9.95. The minimum absolute atomic E-state index is 0.0543. The number of aromatic nitrogens is 3. The molecule has 0 saturated carbocycles. The molecular formula is C25H19F3N8O2. The van der Waals surface area contributed by atoms with Crippen LogP contribution in [0, 0.1) is 22.7 Å². The fourth-order valence-electron chi connectivity index (χ4n) is 4.03. The smallest absolute Gasteiger partial charge is 0.344 e. The minimum Gasteiger partial charge on any atom is -0.344 e. The Morgan fingerprint density at radius 1 is 1.11 bits per heavy atom. The Morgan fingerprint density at radius 2 is 1.82 bits per heavy atom. The lowest BCUT2D eigenvalue weighted by Gasteiger charge is -2.34. The molecule has 0 bridgehead atoms. The lowest BCUT2D eigenvalue weighted by Crippen LogP contribution is -2.33. The largest absolute Gasteiger partial charge is 0.416 e. The summed E-state index contributed by atoms with van der Waals surface area (Å²) in [5.74, 6) is -1.16. The zero-order valence-electron chi connectivity index (χ0n) is 20.0. The Kier molecular flexibility index (Phi) is 6.86. The highest BCUT2D eigenvalue weighted by Gasteiger charge is 2.37. The van der Waals surface area contributed by atoms with E-state index in [0.29, 0.717) is 16.8 Å². The normalized spacial score (nSPS) is 14.8. The average Bonchev–Trinajstić information content (AvgIpc) is 3.29. The molecule has 4 rings (SSSR count). The van der Waals surface area contributed by atoms with Gasteiger partial charge >= 0.3 is 6.18 Å². The van der Waals surface area contributed by atoms with Crippen LogP contribution >= 0.6 is 0 Å². The number of amides is 2. The van der Waals surface area contributed by atoms with Crippen molar-refractivity contribution in [3.05, 3.63) is 76.5 Å². The molecule has 1 aliphatic rings. The van der Waals surface area contributed by atoms with Crippen LogP contribution in [0.25, 0.3) is 0 Å². The summed E-state index contributed by atoms with van der Waals surface area (Å²) in [7, 11) is 0. The van der Waals surface area contributed by atoms with Gasteiger partial charge < -0.3 is 5.32 Å². The van der Waals surface area contributed by atoms with E-state index < -0.39 is 29.6 Å². The highest BCUT2D eigenvalue weighted by atomic mass is 19.4. The minimum atomic E-state index is -4.60. The fourth-order valence-corrected chi connectivity index (χ4v) is 4.03. The summed E-state index contributed by atoms with van der Waals surface area (Å²) in [6.07, 6.45) is -4.60. The predicted octanol–water partition coefficient (Wildman–Crippen LogP) is 3.78. The summed E-state index contributed by atoms with van der Waals surface area (Å²) >= 11 is 0. The van der Waals surface area contributed by atoms with E-state index in [1.54, 1.807) is 31.2 Å². The van der Waals surface area contributed by atoms with Gasteiger partial charge in [-0.3, -0.25) is 19.8 Å². The molecule has 0 saturated heterocycles. The fraction of sp³-hybridized carbons (Fsp3) is 0.200. The number of benzene rings is 2. The third-order valence-electron chi connectivity index (χ3n) is 5.69. The molecule has 1 atom stereocenters. The van der Waals surface area contributed by atoms with E-state index in [1.807, 2.05) is 6.07 Å². The van der Waals surface area contributed by atoms with Crippen LogP contribution < -0.4 is 15.5 Å². The Morgan fingerprint density at radius 3 is 2.42 bits per heavy atom. The molecule has 38 heavy (non-hydrogen) atoms. The molecule has 0 radical (unpaired) electrons. The summed E-state index contributed by atoms with van der Waals surface area (Å²) in [5, 5.41) is 28.4. The number of carbonyl (C=O) groups excluding carboxylic acids is 2. The van der Waals surface area contributed by atoms with Crippen molar-refractivity contribution >= 4 is 29.4 Å². The van der Waals surface area contributed by atoms with Crippen LogP contribution in [0.1, 0.15) is 36.6 Å². The van der Waals surface area contributed by atoms with Crippen LogP contribution in [0.3, 0.4) is 0 Å². The average molecular weight is 520 g/mol. The van der Waals surface area contributed by atoms with Crippen LogP contribution in [0.5, 0.6) is 0 Å². The van der Waals surface area contributed by atoms with Gasteiger partial charge in [0.1, 0.15) is 6.04 Å². The number of nitriles is 2. The molecule has 0 spiro atoms. The molecule has 2 N–H and O–H groups in total. The number of rotatable bonds is 5. The van der Waals surface area contributed by atoms with Gasteiger partial charge in [0.25, 0.3) is 0 Å². The van der Waals surface area contributed by atoms with Gasteiger partial charge in [-0.1, -0.05) is 18.2 Å². The molecule has 1 aliphatic heterocycles. The Hall–Kier alpha value is -5.17. The third-order valence-corrected chi connectivity index (χ3v) is 5.69. The Labute approximate surface area is 214 Å². The van der Waals surface area contributed by atoms with Gasteiger partial charge in [-0.05, 0) is 42.8 Å². The van der Waals surface area contributed by atoms with Crippen molar-refractivity contribution in [1.29, 1.82) is 10.5 Å². The van der Waals surface area contributed by atoms with Gasteiger partial charge in [0.15, 0.2) is 0 Å². The van der Waals surface area contributed by atoms with Gasteiger partial charge in [-0.2, -0.15) is 28.7 Å². The van der Waals surface area contributed by atoms with Gasteiger partial charge in [-0.25, -0.2) is 4.68 Å². The number of fused-ring (bicyclic) bond motifs is 1. The van der Waals surface area contributed by atoms with Gasteiger partial charge in [0.2, 0.25) is 23.7 Å². The summed E-state index contributed by atoms with van der Waals surface area (Å²) in [4.78, 5) is 28.8. The predicted molar refractivity (Wildman–Crippen MR) is 129 cm³/mol. The maximum absolute atomic E-state index is 13.5. The highest BCUT2D eigenvalue weighted by molar-refractivity contribution is 5.95. The van der Waals surface area contributed by atoms with Crippen LogP contribution in [0.4, 0.5) is 30.8 Å². The first-order valence-electron chi connectivity index (χ1n) is 11.1. The number of nitrogens with one attached hydrogen (secondary N) is 2. The first-order valence-corrected chi connectivity index (χ1v) is 11.1. The van der Waals surface area contributed by atoms with Crippen LogP contribution in [-0.2, 0) is 15.8 Å². The number of anilines is 3. The van der Waals surface area contributed by atoms with E-state index in [9.17, 15) is 28.0 Å². The zero-order valence-corrected chi connectivity index (χ0v) is 20.0. The molecule has 1 aromatic heterocycles. The van der Waals surface area contributed by atoms with E-state index in [-0.39, 0.29) is 29.7 Å². The quantitative estimate of drug-likeness (QED) is 0.518. The number of alkyl halides is 3. The van der Waals surface area contributed by atoms with Gasteiger partial charge in [-0.15, -0.1) is 5.10 Å². The number of allylic oxidation sites excluding steroid dienone is 2. The molecule has 2 heterocycles. The van der Waals surface area contributed by atoms with Crippen molar-refractivity contribution in [2.75, 3.05) is 16.8 Å². The molecule has 192 valence electrons. The molecule has 2 amide bonds. The topological polar surface area (TPSA) is 140 Å². The van der Waals surface area contributed by atoms with Gasteiger partial charge in [0.05, 0.1) is 35.4 Å². The summed E-state index contributed by atoms with van der Waals surface area (Å²) in [6.45, 7) is 2.41. The van der Waals surface area contributed by atoms with E-state index in [0.717, 1.165) is 12.1 Å².